The van der Waals surface area contributed by atoms with Gasteiger partial charge in [0.2, 0.25) is 0 Å². The average molecular weight is 440 g/mol. The summed E-state index contributed by atoms with van der Waals surface area (Å²) < 4.78 is 9.43. The molecule has 2 fully saturated rings. The molecule has 33 heavy (non-hydrogen) atoms. The number of rotatable bonds is 5. The zero-order valence-corrected chi connectivity index (χ0v) is 18.6. The molecule has 0 unspecified atom stereocenters. The molecule has 1 saturated heterocycles. The van der Waals surface area contributed by atoms with E-state index in [9.17, 15) is 5.26 Å². The highest BCUT2D eigenvalue weighted by atomic mass is 16.5. The van der Waals surface area contributed by atoms with E-state index in [4.69, 9.17) is 19.8 Å². The molecule has 0 bridgehead atoms. The number of fused-ring (bicyclic) bond motifs is 1. The van der Waals surface area contributed by atoms with Crippen LogP contribution in [0.3, 0.4) is 0 Å². The van der Waals surface area contributed by atoms with Crippen molar-refractivity contribution < 1.29 is 4.74 Å². The number of anilines is 1. The lowest BCUT2D eigenvalue weighted by Gasteiger charge is -2.29. The van der Waals surface area contributed by atoms with E-state index in [1.807, 2.05) is 33.9 Å². The Balaban J connectivity index is 1.45. The lowest BCUT2D eigenvalue weighted by Crippen LogP contribution is -2.36. The van der Waals surface area contributed by atoms with E-state index in [0.29, 0.717) is 19.8 Å². The first-order valence-corrected chi connectivity index (χ1v) is 11.4. The van der Waals surface area contributed by atoms with Gasteiger partial charge in [0.25, 0.3) is 0 Å². The number of nitriles is 1. The fourth-order valence-electron chi connectivity index (χ4n) is 4.48. The van der Waals surface area contributed by atoms with E-state index in [2.05, 4.69) is 42.2 Å². The standard InChI is InChI=1S/C25H25N7O/c1-18-3-2-4-19(13-18)20-5-8-32(29-20)22-14-21(30-9-11-33-12-10-30)23-24(28-22)31(17-27-23)16-25(15-26)6-7-25/h2-5,8,13-14,17H,6-7,9-12,16H2,1H3. The first-order chi connectivity index (χ1) is 16.1. The van der Waals surface area contributed by atoms with Crippen molar-refractivity contribution in [3.63, 3.8) is 0 Å². The van der Waals surface area contributed by atoms with Crippen molar-refractivity contribution in [1.29, 1.82) is 5.26 Å². The third kappa shape index (κ3) is 3.64. The first-order valence-electron chi connectivity index (χ1n) is 11.4. The quantitative estimate of drug-likeness (QED) is 0.471. The summed E-state index contributed by atoms with van der Waals surface area (Å²) in [5.41, 5.74) is 5.59. The molecule has 3 aromatic heterocycles. The van der Waals surface area contributed by atoms with Gasteiger partial charge < -0.3 is 14.2 Å². The molecule has 1 aliphatic carbocycles. The normalized spacial score (nSPS) is 17.3. The number of benzene rings is 1. The second-order valence-electron chi connectivity index (χ2n) is 9.05. The second kappa shape index (κ2) is 7.71. The number of aryl methyl sites for hydroxylation is 1. The van der Waals surface area contributed by atoms with Gasteiger partial charge in [0.15, 0.2) is 11.5 Å². The third-order valence-electron chi connectivity index (χ3n) is 6.59. The number of ether oxygens (including phenoxy) is 1. The van der Waals surface area contributed by atoms with Crippen molar-refractivity contribution in [3.05, 3.63) is 54.5 Å². The van der Waals surface area contributed by atoms with Crippen molar-refractivity contribution in [2.24, 2.45) is 5.41 Å². The smallest absolute Gasteiger partial charge is 0.164 e. The summed E-state index contributed by atoms with van der Waals surface area (Å²) in [6.07, 6.45) is 5.63. The molecule has 0 N–H and O–H groups in total. The molecule has 0 spiro atoms. The Labute approximate surface area is 192 Å². The lowest BCUT2D eigenvalue weighted by molar-refractivity contribution is 0.123. The zero-order chi connectivity index (χ0) is 22.4. The number of hydrogen-bond acceptors (Lipinski definition) is 6. The Bertz CT molecular complexity index is 1370. The van der Waals surface area contributed by atoms with Crippen LogP contribution < -0.4 is 4.90 Å². The summed E-state index contributed by atoms with van der Waals surface area (Å²) >= 11 is 0. The predicted octanol–water partition coefficient (Wildman–Crippen LogP) is 3.73. The summed E-state index contributed by atoms with van der Waals surface area (Å²) in [4.78, 5) is 12.0. The van der Waals surface area contributed by atoms with Crippen LogP contribution in [0, 0.1) is 23.7 Å². The minimum Gasteiger partial charge on any atom is -0.378 e. The highest BCUT2D eigenvalue weighted by Gasteiger charge is 2.44. The van der Waals surface area contributed by atoms with E-state index in [1.165, 1.54) is 5.56 Å². The minimum absolute atomic E-state index is 0.283. The van der Waals surface area contributed by atoms with E-state index in [-0.39, 0.29) is 5.41 Å². The fraction of sp³-hybridized carbons (Fsp3) is 0.360. The molecule has 1 aliphatic heterocycles. The second-order valence-corrected chi connectivity index (χ2v) is 9.05. The van der Waals surface area contributed by atoms with Gasteiger partial charge in [-0.15, -0.1) is 0 Å². The van der Waals surface area contributed by atoms with Gasteiger partial charge in [0.1, 0.15) is 5.52 Å². The van der Waals surface area contributed by atoms with Crippen molar-refractivity contribution in [2.45, 2.75) is 26.3 Å². The highest BCUT2D eigenvalue weighted by molar-refractivity contribution is 5.87. The van der Waals surface area contributed by atoms with Crippen LogP contribution in [0.25, 0.3) is 28.2 Å². The Hall–Kier alpha value is -3.70. The maximum absolute atomic E-state index is 9.61. The highest BCUT2D eigenvalue weighted by Crippen LogP contribution is 2.46. The number of imidazole rings is 1. The van der Waals surface area contributed by atoms with Crippen LogP contribution in [0.2, 0.25) is 0 Å². The topological polar surface area (TPSA) is 84.8 Å². The molecule has 1 aromatic carbocycles. The van der Waals surface area contributed by atoms with Gasteiger partial charge in [-0.25, -0.2) is 14.6 Å². The molecule has 6 rings (SSSR count). The van der Waals surface area contributed by atoms with Gasteiger partial charge in [0.05, 0.1) is 42.4 Å². The first kappa shape index (κ1) is 19.9. The SMILES string of the molecule is Cc1cccc(-c2ccn(-c3cc(N4CCOCC4)c4ncn(CC5(C#N)CC5)c4n3)n2)c1. The van der Waals surface area contributed by atoms with Crippen LogP contribution in [-0.4, -0.2) is 50.6 Å². The number of nitrogens with zero attached hydrogens (tertiary/aromatic N) is 7. The minimum atomic E-state index is -0.283. The van der Waals surface area contributed by atoms with Gasteiger partial charge in [0, 0.05) is 37.5 Å². The van der Waals surface area contributed by atoms with Gasteiger partial charge in [-0.3, -0.25) is 0 Å². The summed E-state index contributed by atoms with van der Waals surface area (Å²) in [5, 5.41) is 14.4. The summed E-state index contributed by atoms with van der Waals surface area (Å²) in [5.74, 6) is 0.742. The summed E-state index contributed by atoms with van der Waals surface area (Å²) in [6, 6.07) is 14.9. The molecule has 4 heterocycles. The largest absolute Gasteiger partial charge is 0.378 e. The maximum atomic E-state index is 9.61. The Morgan fingerprint density at radius 3 is 2.76 bits per heavy atom. The monoisotopic (exact) mass is 439 g/mol. The molecule has 1 saturated carbocycles. The molecule has 2 aliphatic rings. The Morgan fingerprint density at radius 2 is 2.00 bits per heavy atom. The summed E-state index contributed by atoms with van der Waals surface area (Å²) in [7, 11) is 0. The maximum Gasteiger partial charge on any atom is 0.164 e. The van der Waals surface area contributed by atoms with E-state index >= 15 is 0 Å². The van der Waals surface area contributed by atoms with Gasteiger partial charge in [-0.2, -0.15) is 10.4 Å². The van der Waals surface area contributed by atoms with Gasteiger partial charge >= 0.3 is 0 Å². The molecule has 8 nitrogen and oxygen atoms in total. The van der Waals surface area contributed by atoms with Crippen molar-refractivity contribution in [3.8, 4) is 23.1 Å². The van der Waals surface area contributed by atoms with E-state index in [0.717, 1.165) is 59.9 Å². The van der Waals surface area contributed by atoms with Crippen molar-refractivity contribution >= 4 is 16.9 Å². The van der Waals surface area contributed by atoms with Crippen LogP contribution in [0.5, 0.6) is 0 Å². The van der Waals surface area contributed by atoms with Crippen molar-refractivity contribution in [2.75, 3.05) is 31.2 Å². The molecular formula is C25H25N7O. The molecule has 0 amide bonds. The summed E-state index contributed by atoms with van der Waals surface area (Å²) in [6.45, 7) is 5.70. The van der Waals surface area contributed by atoms with Crippen molar-refractivity contribution in [1.82, 2.24) is 24.3 Å². The predicted molar refractivity (Wildman–Crippen MR) is 125 cm³/mol. The van der Waals surface area contributed by atoms with E-state index in [1.54, 1.807) is 0 Å². The average Bonchev–Trinajstić information content (AvgIpc) is 3.25. The number of aromatic nitrogens is 5. The van der Waals surface area contributed by atoms with Crippen LogP contribution >= 0.6 is 0 Å². The molecule has 0 radical (unpaired) electrons. The fourth-order valence-corrected chi connectivity index (χ4v) is 4.48. The van der Waals surface area contributed by atoms with Gasteiger partial charge in [-0.05, 0) is 31.9 Å². The van der Waals surface area contributed by atoms with Gasteiger partial charge in [-0.1, -0.05) is 23.8 Å². The number of pyridine rings is 1. The van der Waals surface area contributed by atoms with Crippen LogP contribution in [-0.2, 0) is 11.3 Å². The molecule has 0 atom stereocenters. The van der Waals surface area contributed by atoms with Crippen LogP contribution in [0.1, 0.15) is 18.4 Å². The van der Waals surface area contributed by atoms with Crippen LogP contribution in [0.4, 0.5) is 5.69 Å². The number of morpholine rings is 1. The zero-order valence-electron chi connectivity index (χ0n) is 18.6. The molecule has 8 heteroatoms. The molecule has 4 aromatic rings. The molecule has 166 valence electrons. The Kier molecular flexibility index (Phi) is 4.66. The Morgan fingerprint density at radius 1 is 1.15 bits per heavy atom. The third-order valence-corrected chi connectivity index (χ3v) is 6.59. The van der Waals surface area contributed by atoms with Crippen LogP contribution in [0.15, 0.2) is 48.9 Å². The number of hydrogen-bond donors (Lipinski definition) is 0. The lowest BCUT2D eigenvalue weighted by atomic mass is 10.1. The molecular weight excluding hydrogens is 414 g/mol. The van der Waals surface area contributed by atoms with E-state index < -0.39 is 0 Å².